The molecule has 0 N–H and O–H groups in total. The summed E-state index contributed by atoms with van der Waals surface area (Å²) in [6.45, 7) is 0. The van der Waals surface area contributed by atoms with Crippen LogP contribution in [0.15, 0.2) is 121 Å². The second-order valence-electron chi connectivity index (χ2n) is 8.28. The molecule has 2 nitrogen and oxygen atoms in total. The van der Waals surface area contributed by atoms with Gasteiger partial charge in [-0.3, -0.25) is 17.5 Å². The number of para-hydroxylation sites is 2. The van der Waals surface area contributed by atoms with Crippen molar-refractivity contribution in [1.29, 1.82) is 0 Å². The molecule has 7 heteroatoms. The van der Waals surface area contributed by atoms with Crippen molar-refractivity contribution >= 4 is 25.3 Å². The predicted octanol–water partition coefficient (Wildman–Crippen LogP) is 5.03. The zero-order chi connectivity index (χ0) is 24.5. The summed E-state index contributed by atoms with van der Waals surface area (Å²) >= 11 is 0. The average Bonchev–Trinajstić information content (AvgIpc) is 3.32. The van der Waals surface area contributed by atoms with Crippen molar-refractivity contribution in [3.63, 3.8) is 0 Å². The summed E-state index contributed by atoms with van der Waals surface area (Å²) in [5.74, 6) is 0. The molecule has 4 aromatic carbocycles. The molecule has 0 radical (unpaired) electrons. The van der Waals surface area contributed by atoms with E-state index >= 15 is 0 Å². The van der Waals surface area contributed by atoms with Crippen molar-refractivity contribution in [2.45, 2.75) is 24.9 Å². The van der Waals surface area contributed by atoms with Crippen LogP contribution in [-0.2, 0) is 0 Å². The third-order valence-corrected chi connectivity index (χ3v) is 6.12. The third-order valence-electron chi connectivity index (χ3n) is 6.12. The smallest absolute Gasteiger partial charge is 0.762 e. The van der Waals surface area contributed by atoms with Gasteiger partial charge in [-0.15, -0.1) is 0 Å². The normalized spacial score (nSPS) is 16.2. The van der Waals surface area contributed by atoms with Crippen molar-refractivity contribution in [2.24, 2.45) is 0 Å². The Hall–Kier alpha value is -3.87. The standard InChI is InChI=1S/C29H27N2.BF3.FH/c1-5-13-24(14-6-1)28-21-22-29(25-15-7-2-8-16-25)31(28)23-30(26-17-9-3-10-18-26)27-19-11-4-12-20-27;2-1(3)4;/h1-20,23,28-29H,21-22H2;;1H/q+1;;/p-1/t28-,29-;;/m1../s1. The lowest BCUT2D eigenvalue weighted by atomic mass is 10.0. The highest BCUT2D eigenvalue weighted by Gasteiger charge is 2.36. The summed E-state index contributed by atoms with van der Waals surface area (Å²) in [6, 6.07) is 43.8. The first kappa shape index (κ1) is 26.7. The lowest BCUT2D eigenvalue weighted by Crippen LogP contribution is -3.00. The molecule has 1 aliphatic rings. The van der Waals surface area contributed by atoms with Gasteiger partial charge in [-0.2, -0.15) is 4.90 Å². The van der Waals surface area contributed by atoms with Gasteiger partial charge >= 0.3 is 7.54 Å². The molecular formula is C29H27BF4N2. The van der Waals surface area contributed by atoms with E-state index in [4.69, 9.17) is 0 Å². The van der Waals surface area contributed by atoms with Crippen LogP contribution in [0, 0.1) is 0 Å². The highest BCUT2D eigenvalue weighted by atomic mass is 19.4. The number of hydrogen-bond acceptors (Lipinski definition) is 0. The maximum atomic E-state index is 9.67. The Bertz CT molecular complexity index is 1100. The Morgan fingerprint density at radius 3 is 1.22 bits per heavy atom. The minimum absolute atomic E-state index is 0. The molecule has 4 aromatic rings. The van der Waals surface area contributed by atoms with E-state index in [1.807, 2.05) is 0 Å². The first-order chi connectivity index (χ1) is 17.1. The Kier molecular flexibility index (Phi) is 9.87. The maximum Gasteiger partial charge on any atom is 0.762 e. The van der Waals surface area contributed by atoms with Crippen molar-refractivity contribution in [3.05, 3.63) is 132 Å². The number of hydrogen-bond donors (Lipinski definition) is 0. The van der Waals surface area contributed by atoms with Gasteiger partial charge in [0, 0.05) is 0 Å². The summed E-state index contributed by atoms with van der Waals surface area (Å²) in [5.41, 5.74) is 5.08. The number of anilines is 2. The minimum atomic E-state index is -3.67. The zero-order valence-electron chi connectivity index (χ0n) is 19.7. The van der Waals surface area contributed by atoms with Crippen molar-refractivity contribution in [3.8, 4) is 0 Å². The van der Waals surface area contributed by atoms with Gasteiger partial charge in [0.05, 0.1) is 0 Å². The van der Waals surface area contributed by atoms with Crippen molar-refractivity contribution in [1.82, 2.24) is 0 Å². The molecule has 1 saturated heterocycles. The van der Waals surface area contributed by atoms with E-state index in [9.17, 15) is 12.9 Å². The van der Waals surface area contributed by atoms with Gasteiger partial charge in [-0.05, 0) is 48.2 Å². The van der Waals surface area contributed by atoms with Crippen LogP contribution in [0.2, 0.25) is 0 Å². The molecule has 0 aliphatic carbocycles. The average molecular weight is 490 g/mol. The first-order valence-corrected chi connectivity index (χ1v) is 11.7. The van der Waals surface area contributed by atoms with Gasteiger partial charge in [0.2, 0.25) is 6.34 Å². The van der Waals surface area contributed by atoms with Gasteiger partial charge in [0.25, 0.3) is 0 Å². The SMILES string of the molecule is C(N(c1ccccc1)c1ccccc1)=[N+]1[C@@H](c2ccccc2)CC[C@@H]1c1ccccc1.FB(F)F.[F-]. The molecule has 0 amide bonds. The molecule has 0 spiro atoms. The fourth-order valence-corrected chi connectivity index (χ4v) is 4.61. The van der Waals surface area contributed by atoms with Crippen LogP contribution < -0.4 is 9.60 Å². The Labute approximate surface area is 209 Å². The van der Waals surface area contributed by atoms with E-state index < -0.39 is 7.54 Å². The Balaban J connectivity index is 0.000000674. The van der Waals surface area contributed by atoms with Crippen molar-refractivity contribution < 1.29 is 22.2 Å². The van der Waals surface area contributed by atoms with E-state index in [-0.39, 0.29) is 4.70 Å². The highest BCUT2D eigenvalue weighted by Crippen LogP contribution is 2.40. The molecule has 2 atom stereocenters. The van der Waals surface area contributed by atoms with E-state index in [1.165, 1.54) is 22.5 Å². The predicted molar refractivity (Wildman–Crippen MR) is 138 cm³/mol. The number of halogens is 4. The van der Waals surface area contributed by atoms with Crippen LogP contribution in [0.4, 0.5) is 24.3 Å². The fraction of sp³-hybridized carbons (Fsp3) is 0.138. The van der Waals surface area contributed by atoms with Gasteiger partial charge in [0.15, 0.2) is 0 Å². The Morgan fingerprint density at radius 1 is 0.583 bits per heavy atom. The van der Waals surface area contributed by atoms with Crippen LogP contribution in [0.5, 0.6) is 0 Å². The lowest BCUT2D eigenvalue weighted by molar-refractivity contribution is -0.587. The van der Waals surface area contributed by atoms with E-state index in [0.29, 0.717) is 12.1 Å². The molecule has 0 unspecified atom stereocenters. The number of nitrogens with zero attached hydrogens (tertiary/aromatic N) is 2. The topological polar surface area (TPSA) is 6.25 Å². The second-order valence-corrected chi connectivity index (χ2v) is 8.28. The molecule has 36 heavy (non-hydrogen) atoms. The Morgan fingerprint density at radius 2 is 0.889 bits per heavy atom. The monoisotopic (exact) mass is 490 g/mol. The summed E-state index contributed by atoms with van der Waals surface area (Å²) in [7, 11) is -3.67. The van der Waals surface area contributed by atoms with Gasteiger partial charge in [-0.25, -0.2) is 0 Å². The molecule has 0 aromatic heterocycles. The summed E-state index contributed by atoms with van der Waals surface area (Å²) in [6.07, 6.45) is 4.60. The van der Waals surface area contributed by atoms with E-state index in [0.717, 1.165) is 12.8 Å². The molecule has 5 rings (SSSR count). The summed E-state index contributed by atoms with van der Waals surface area (Å²) < 4.78 is 31.6. The zero-order valence-corrected chi connectivity index (χ0v) is 19.7. The molecule has 184 valence electrons. The maximum absolute atomic E-state index is 9.67. The molecule has 1 heterocycles. The van der Waals surface area contributed by atoms with Crippen LogP contribution >= 0.6 is 0 Å². The largest absolute Gasteiger partial charge is 1.00 e. The van der Waals surface area contributed by atoms with E-state index in [1.54, 1.807) is 0 Å². The highest BCUT2D eigenvalue weighted by molar-refractivity contribution is 6.33. The van der Waals surface area contributed by atoms with Crippen LogP contribution in [0.25, 0.3) is 0 Å². The van der Waals surface area contributed by atoms with Gasteiger partial charge < -0.3 is 4.70 Å². The van der Waals surface area contributed by atoms with Crippen LogP contribution in [0.1, 0.15) is 36.1 Å². The van der Waals surface area contributed by atoms with Gasteiger partial charge in [0.1, 0.15) is 23.5 Å². The quantitative estimate of drug-likeness (QED) is 0.165. The minimum Gasteiger partial charge on any atom is -1.00 e. The van der Waals surface area contributed by atoms with Gasteiger partial charge in [-0.1, -0.05) is 97.1 Å². The van der Waals surface area contributed by atoms with E-state index in [2.05, 4.69) is 137 Å². The summed E-state index contributed by atoms with van der Waals surface area (Å²) in [4.78, 5) is 2.32. The molecular weight excluding hydrogens is 463 g/mol. The first-order valence-electron chi connectivity index (χ1n) is 11.7. The molecule has 1 aliphatic heterocycles. The third kappa shape index (κ3) is 6.84. The fourth-order valence-electron chi connectivity index (χ4n) is 4.61. The molecule has 0 saturated carbocycles. The molecule has 1 fully saturated rings. The van der Waals surface area contributed by atoms with Crippen LogP contribution in [-0.4, -0.2) is 18.5 Å². The molecule has 0 bridgehead atoms. The van der Waals surface area contributed by atoms with Crippen molar-refractivity contribution in [2.75, 3.05) is 4.90 Å². The second kappa shape index (κ2) is 13.3. The lowest BCUT2D eigenvalue weighted by Gasteiger charge is -2.21. The number of rotatable bonds is 5. The number of benzene rings is 4. The van der Waals surface area contributed by atoms with Crippen LogP contribution in [0.3, 0.4) is 0 Å². The summed E-state index contributed by atoms with van der Waals surface area (Å²) in [5, 5.41) is 0.